The molecule has 2 fully saturated rings. The molecule has 2 aromatic carbocycles. The molecule has 2 saturated heterocycles. The van der Waals surface area contributed by atoms with Gasteiger partial charge in [0, 0.05) is 49.5 Å². The quantitative estimate of drug-likeness (QED) is 0.186. The van der Waals surface area contributed by atoms with Crippen LogP contribution in [0.15, 0.2) is 53.1 Å². The molecule has 1 unspecified atom stereocenters. The van der Waals surface area contributed by atoms with Crippen LogP contribution in [0, 0.1) is 12.7 Å². The van der Waals surface area contributed by atoms with Crippen LogP contribution in [0.4, 0.5) is 34.9 Å². The van der Waals surface area contributed by atoms with E-state index in [1.807, 2.05) is 31.2 Å². The number of aliphatic carboxylic acids is 1. The van der Waals surface area contributed by atoms with E-state index in [1.54, 1.807) is 19.4 Å². The Balaban J connectivity index is 0.000000582. The second kappa shape index (κ2) is 15.0. The number of carbonyl (C=O) groups is 1. The van der Waals surface area contributed by atoms with E-state index in [-0.39, 0.29) is 5.82 Å². The van der Waals surface area contributed by atoms with E-state index < -0.39 is 12.1 Å². The number of hydrogen-bond donors (Lipinski definition) is 2. The van der Waals surface area contributed by atoms with Crippen molar-refractivity contribution >= 4 is 23.3 Å². The summed E-state index contributed by atoms with van der Waals surface area (Å²) in [6.07, 6.45) is 1.93. The molecule has 2 aliphatic heterocycles. The summed E-state index contributed by atoms with van der Waals surface area (Å²) in [5.41, 5.74) is 4.49. The highest BCUT2D eigenvalue weighted by Crippen LogP contribution is 2.35. The number of nitrogens with one attached hydrogen (secondary N) is 1. The second-order valence-electron chi connectivity index (χ2n) is 11.8. The molecule has 256 valence electrons. The number of rotatable bonds is 8. The van der Waals surface area contributed by atoms with Crippen LogP contribution in [0.25, 0.3) is 22.7 Å². The molecule has 0 spiro atoms. The number of carboxylic acid groups (broad SMARTS) is 1. The fraction of sp³-hybridized carbons (Fsp3) is 0.412. The van der Waals surface area contributed by atoms with Crippen molar-refractivity contribution in [2.24, 2.45) is 0 Å². The number of carboxylic acids is 1. The van der Waals surface area contributed by atoms with Crippen molar-refractivity contribution in [3.05, 3.63) is 65.9 Å². The van der Waals surface area contributed by atoms with Crippen molar-refractivity contribution in [1.82, 2.24) is 19.9 Å². The van der Waals surface area contributed by atoms with Crippen molar-refractivity contribution in [1.29, 1.82) is 0 Å². The number of aryl methyl sites for hydroxylation is 2. The number of fused-ring (bicyclic) bond motifs is 1. The molecule has 0 amide bonds. The third kappa shape index (κ3) is 8.40. The number of methoxy groups -OCH3 is 1. The zero-order valence-corrected chi connectivity index (χ0v) is 27.0. The molecule has 48 heavy (non-hydrogen) atoms. The van der Waals surface area contributed by atoms with E-state index in [2.05, 4.69) is 33.1 Å². The van der Waals surface area contributed by atoms with Gasteiger partial charge in [0.1, 0.15) is 23.0 Å². The number of anilines is 3. The van der Waals surface area contributed by atoms with Gasteiger partial charge in [-0.3, -0.25) is 4.90 Å². The molecule has 0 saturated carbocycles. The van der Waals surface area contributed by atoms with E-state index in [0.717, 1.165) is 49.5 Å². The van der Waals surface area contributed by atoms with Crippen LogP contribution in [-0.2, 0) is 11.2 Å². The van der Waals surface area contributed by atoms with Crippen molar-refractivity contribution in [2.45, 2.75) is 58.2 Å². The van der Waals surface area contributed by atoms with E-state index >= 15 is 4.39 Å². The zero-order valence-electron chi connectivity index (χ0n) is 27.0. The number of aromatic nitrogens is 3. The van der Waals surface area contributed by atoms with Crippen LogP contribution in [-0.4, -0.2) is 76.4 Å². The Morgan fingerprint density at radius 2 is 1.90 bits per heavy atom. The molecule has 14 heteroatoms. The van der Waals surface area contributed by atoms with Gasteiger partial charge in [-0.15, -0.1) is 0 Å². The molecule has 10 nitrogen and oxygen atoms in total. The third-order valence-corrected chi connectivity index (χ3v) is 8.21. The summed E-state index contributed by atoms with van der Waals surface area (Å²) in [6, 6.07) is 13.6. The standard InChI is InChI=1S/C32H37FN6O2.C2HF3O2/c1-4-7-29-37-30(22-16-21(2)17-25(18-22)40-3)31(41-29)27-11-12-34-32(36-27)35-23-9-10-28(26(33)19-23)39-15-14-38-13-6-5-8-24(38)20-39;3-2(4,5)1(6)7/h9-12,16-19,24H,4-8,13-15,20H2,1-3H3,(H,34,35,36);(H,6,7). The molecule has 4 aromatic rings. The van der Waals surface area contributed by atoms with Crippen molar-refractivity contribution < 1.29 is 36.6 Å². The summed E-state index contributed by atoms with van der Waals surface area (Å²) in [7, 11) is 1.65. The maximum atomic E-state index is 15.3. The monoisotopic (exact) mass is 670 g/mol. The SMILES string of the molecule is CCCc1nc(-c2cc(C)cc(OC)c2)c(-c2ccnc(Nc3ccc(N4CCN5CCCCC5C4)c(F)c3)n2)o1.O=C(O)C(F)(F)F. The van der Waals surface area contributed by atoms with Crippen LogP contribution in [0.1, 0.15) is 44.1 Å². The Labute approximate surface area is 275 Å². The number of benzene rings is 2. The molecule has 0 radical (unpaired) electrons. The predicted molar refractivity (Wildman–Crippen MR) is 173 cm³/mol. The summed E-state index contributed by atoms with van der Waals surface area (Å²) in [5.74, 6) is -0.681. The number of hydrogen-bond acceptors (Lipinski definition) is 9. The number of nitrogens with zero attached hydrogens (tertiary/aromatic N) is 5. The molecule has 0 aliphatic carbocycles. The topological polar surface area (TPSA) is 117 Å². The second-order valence-corrected chi connectivity index (χ2v) is 11.8. The van der Waals surface area contributed by atoms with Crippen LogP contribution in [0.5, 0.6) is 5.75 Å². The molecule has 4 heterocycles. The minimum Gasteiger partial charge on any atom is -0.497 e. The van der Waals surface area contributed by atoms with Crippen LogP contribution < -0.4 is 15.0 Å². The van der Waals surface area contributed by atoms with Gasteiger partial charge in [-0.1, -0.05) is 13.3 Å². The van der Waals surface area contributed by atoms with Gasteiger partial charge >= 0.3 is 12.1 Å². The maximum absolute atomic E-state index is 15.3. The lowest BCUT2D eigenvalue weighted by Gasteiger charge is -2.45. The summed E-state index contributed by atoms with van der Waals surface area (Å²) in [6.45, 7) is 7.98. The highest BCUT2D eigenvalue weighted by molar-refractivity contribution is 5.77. The Kier molecular flexibility index (Phi) is 10.8. The van der Waals surface area contributed by atoms with Crippen LogP contribution in [0.2, 0.25) is 0 Å². The Morgan fingerprint density at radius 1 is 1.10 bits per heavy atom. The van der Waals surface area contributed by atoms with E-state index in [9.17, 15) is 13.2 Å². The fourth-order valence-corrected chi connectivity index (χ4v) is 5.95. The Hall–Kier alpha value is -4.72. The van der Waals surface area contributed by atoms with Gasteiger partial charge in [-0.2, -0.15) is 13.2 Å². The third-order valence-electron chi connectivity index (χ3n) is 8.21. The largest absolute Gasteiger partial charge is 0.497 e. The lowest BCUT2D eigenvalue weighted by atomic mass is 9.99. The van der Waals surface area contributed by atoms with Crippen LogP contribution >= 0.6 is 0 Å². The predicted octanol–water partition coefficient (Wildman–Crippen LogP) is 7.26. The summed E-state index contributed by atoms with van der Waals surface area (Å²) in [5, 5.41) is 10.3. The molecule has 2 aliphatic rings. The lowest BCUT2D eigenvalue weighted by molar-refractivity contribution is -0.192. The first kappa shape index (κ1) is 34.6. The number of alkyl halides is 3. The van der Waals surface area contributed by atoms with Crippen molar-refractivity contribution in [2.75, 3.05) is 43.5 Å². The number of halogens is 4. The molecule has 0 bridgehead atoms. The average Bonchev–Trinajstić information content (AvgIpc) is 3.48. The molecular weight excluding hydrogens is 632 g/mol. The van der Waals surface area contributed by atoms with Gasteiger partial charge in [0.05, 0.1) is 12.8 Å². The van der Waals surface area contributed by atoms with Gasteiger partial charge in [0.2, 0.25) is 5.95 Å². The first-order valence-electron chi connectivity index (χ1n) is 15.8. The lowest BCUT2D eigenvalue weighted by Crippen LogP contribution is -2.55. The molecule has 1 atom stereocenters. The van der Waals surface area contributed by atoms with E-state index in [1.165, 1.54) is 25.3 Å². The number of piperazine rings is 1. The van der Waals surface area contributed by atoms with E-state index in [4.69, 9.17) is 29.0 Å². The van der Waals surface area contributed by atoms with Gasteiger partial charge in [-0.25, -0.2) is 24.1 Å². The number of ether oxygens (including phenoxy) is 1. The number of oxazole rings is 1. The first-order chi connectivity index (χ1) is 22.9. The fourth-order valence-electron chi connectivity index (χ4n) is 5.95. The Bertz CT molecular complexity index is 1730. The zero-order chi connectivity index (χ0) is 34.4. The maximum Gasteiger partial charge on any atom is 0.490 e. The van der Waals surface area contributed by atoms with Gasteiger partial charge in [0.25, 0.3) is 0 Å². The molecular formula is C34H38F4N6O4. The summed E-state index contributed by atoms with van der Waals surface area (Å²) >= 11 is 0. The normalized spacial score (nSPS) is 16.5. The highest BCUT2D eigenvalue weighted by atomic mass is 19.4. The minimum atomic E-state index is -5.08. The number of piperidine rings is 1. The Morgan fingerprint density at radius 3 is 2.60 bits per heavy atom. The van der Waals surface area contributed by atoms with Crippen molar-refractivity contribution in [3.8, 4) is 28.5 Å². The summed E-state index contributed by atoms with van der Waals surface area (Å²) < 4.78 is 58.8. The first-order valence-corrected chi connectivity index (χ1v) is 15.8. The van der Waals surface area contributed by atoms with E-state index in [0.29, 0.717) is 52.8 Å². The van der Waals surface area contributed by atoms with Gasteiger partial charge in [-0.05, 0) is 80.8 Å². The van der Waals surface area contributed by atoms with Gasteiger partial charge < -0.3 is 24.5 Å². The van der Waals surface area contributed by atoms with Crippen molar-refractivity contribution in [3.63, 3.8) is 0 Å². The molecule has 2 N–H and O–H groups in total. The van der Waals surface area contributed by atoms with Gasteiger partial charge in [0.15, 0.2) is 11.7 Å². The molecule has 6 rings (SSSR count). The minimum absolute atomic E-state index is 0.245. The van der Waals surface area contributed by atoms with Crippen LogP contribution in [0.3, 0.4) is 0 Å². The smallest absolute Gasteiger partial charge is 0.490 e. The molecule has 2 aromatic heterocycles. The average molecular weight is 671 g/mol. The highest BCUT2D eigenvalue weighted by Gasteiger charge is 2.38. The summed E-state index contributed by atoms with van der Waals surface area (Å²) in [4.78, 5) is 27.6.